The maximum Gasteiger partial charge on any atom is 0.219 e. The molecule has 1 aliphatic heterocycles. The van der Waals surface area contributed by atoms with E-state index in [0.717, 1.165) is 30.6 Å². The number of hydrogen-bond acceptors (Lipinski definition) is 6. The molecule has 18 heavy (non-hydrogen) atoms. The third-order valence-corrected chi connectivity index (χ3v) is 3.38. The SMILES string of the molecule is CCOc1cc(N2CCN[C@H](C)C2)nc(SC)n1. The minimum absolute atomic E-state index is 0.488. The van der Waals surface area contributed by atoms with Crippen LogP contribution in [0.3, 0.4) is 0 Å². The average Bonchev–Trinajstić information content (AvgIpc) is 2.39. The van der Waals surface area contributed by atoms with Gasteiger partial charge in [0, 0.05) is 31.7 Å². The molecule has 0 bridgehead atoms. The molecule has 100 valence electrons. The number of piperazine rings is 1. The van der Waals surface area contributed by atoms with E-state index in [2.05, 4.69) is 27.1 Å². The summed E-state index contributed by atoms with van der Waals surface area (Å²) in [4.78, 5) is 11.2. The topological polar surface area (TPSA) is 50.3 Å². The van der Waals surface area contributed by atoms with E-state index in [1.165, 1.54) is 0 Å². The van der Waals surface area contributed by atoms with Crippen molar-refractivity contribution in [2.45, 2.75) is 25.0 Å². The number of thioether (sulfide) groups is 1. The Hall–Kier alpha value is -1.01. The van der Waals surface area contributed by atoms with Crippen LogP contribution in [0.2, 0.25) is 0 Å². The van der Waals surface area contributed by atoms with Crippen LogP contribution < -0.4 is 15.0 Å². The summed E-state index contributed by atoms with van der Waals surface area (Å²) in [6.45, 7) is 7.71. The van der Waals surface area contributed by atoms with E-state index < -0.39 is 0 Å². The molecular formula is C12H20N4OS. The lowest BCUT2D eigenvalue weighted by molar-refractivity contribution is 0.323. The number of nitrogens with one attached hydrogen (secondary N) is 1. The first-order valence-electron chi connectivity index (χ1n) is 6.27. The molecule has 1 aliphatic rings. The van der Waals surface area contributed by atoms with Crippen molar-refractivity contribution in [2.75, 3.05) is 37.4 Å². The zero-order chi connectivity index (χ0) is 13.0. The average molecular weight is 268 g/mol. The predicted molar refractivity (Wildman–Crippen MR) is 74.7 cm³/mol. The lowest BCUT2D eigenvalue weighted by Gasteiger charge is -2.32. The highest BCUT2D eigenvalue weighted by Crippen LogP contribution is 2.22. The van der Waals surface area contributed by atoms with Crippen molar-refractivity contribution in [3.05, 3.63) is 6.07 Å². The molecule has 0 amide bonds. The van der Waals surface area contributed by atoms with Gasteiger partial charge in [-0.2, -0.15) is 4.98 Å². The normalized spacial score (nSPS) is 19.9. The smallest absolute Gasteiger partial charge is 0.219 e. The summed E-state index contributed by atoms with van der Waals surface area (Å²) in [5, 5.41) is 4.19. The zero-order valence-electron chi connectivity index (χ0n) is 11.1. The molecule has 0 saturated carbocycles. The van der Waals surface area contributed by atoms with Gasteiger partial charge < -0.3 is 15.0 Å². The van der Waals surface area contributed by atoms with Crippen molar-refractivity contribution in [3.8, 4) is 5.88 Å². The van der Waals surface area contributed by atoms with Crippen molar-refractivity contribution in [1.82, 2.24) is 15.3 Å². The fraction of sp³-hybridized carbons (Fsp3) is 0.667. The van der Waals surface area contributed by atoms with Crippen LogP contribution in [-0.2, 0) is 0 Å². The van der Waals surface area contributed by atoms with E-state index in [1.54, 1.807) is 11.8 Å². The highest BCUT2D eigenvalue weighted by molar-refractivity contribution is 7.98. The van der Waals surface area contributed by atoms with Gasteiger partial charge in [0.05, 0.1) is 6.61 Å². The maximum atomic E-state index is 5.50. The van der Waals surface area contributed by atoms with E-state index in [0.29, 0.717) is 18.5 Å². The van der Waals surface area contributed by atoms with Crippen molar-refractivity contribution >= 4 is 17.6 Å². The third-order valence-electron chi connectivity index (χ3n) is 2.84. The van der Waals surface area contributed by atoms with Gasteiger partial charge in [-0.05, 0) is 20.1 Å². The van der Waals surface area contributed by atoms with Crippen molar-refractivity contribution < 1.29 is 4.74 Å². The van der Waals surface area contributed by atoms with Gasteiger partial charge in [-0.1, -0.05) is 11.8 Å². The van der Waals surface area contributed by atoms with E-state index in [9.17, 15) is 0 Å². The third kappa shape index (κ3) is 3.26. The standard InChI is InChI=1S/C12H20N4OS/c1-4-17-11-7-10(14-12(15-11)18-3)16-6-5-13-9(2)8-16/h7,9,13H,4-6,8H2,1-3H3/t9-/m1/s1. The van der Waals surface area contributed by atoms with Crippen molar-refractivity contribution in [3.63, 3.8) is 0 Å². The summed E-state index contributed by atoms with van der Waals surface area (Å²) in [6, 6.07) is 2.42. The first kappa shape index (κ1) is 13.4. The monoisotopic (exact) mass is 268 g/mol. The van der Waals surface area contributed by atoms with Crippen LogP contribution in [0.25, 0.3) is 0 Å². The summed E-state index contributed by atoms with van der Waals surface area (Å²) in [5.74, 6) is 1.63. The Morgan fingerprint density at radius 2 is 2.39 bits per heavy atom. The van der Waals surface area contributed by atoms with Gasteiger partial charge in [0.25, 0.3) is 0 Å². The minimum atomic E-state index is 0.488. The summed E-state index contributed by atoms with van der Waals surface area (Å²) in [5.41, 5.74) is 0. The lowest BCUT2D eigenvalue weighted by Crippen LogP contribution is -2.49. The zero-order valence-corrected chi connectivity index (χ0v) is 12.0. The molecule has 1 aromatic heterocycles. The van der Waals surface area contributed by atoms with E-state index >= 15 is 0 Å². The van der Waals surface area contributed by atoms with Gasteiger partial charge in [-0.3, -0.25) is 0 Å². The summed E-state index contributed by atoms with van der Waals surface area (Å²) in [7, 11) is 0. The molecule has 2 rings (SSSR count). The molecule has 0 unspecified atom stereocenters. The second kappa shape index (κ2) is 6.24. The largest absolute Gasteiger partial charge is 0.478 e. The Labute approximate surface area is 112 Å². The fourth-order valence-electron chi connectivity index (χ4n) is 2.01. The number of hydrogen-bond donors (Lipinski definition) is 1. The van der Waals surface area contributed by atoms with Crippen LogP contribution in [0.1, 0.15) is 13.8 Å². The second-order valence-electron chi connectivity index (χ2n) is 4.29. The van der Waals surface area contributed by atoms with E-state index in [-0.39, 0.29) is 0 Å². The Morgan fingerprint density at radius 3 is 3.06 bits per heavy atom. The Morgan fingerprint density at radius 1 is 1.56 bits per heavy atom. The summed E-state index contributed by atoms with van der Waals surface area (Å²) >= 11 is 1.54. The molecule has 1 N–H and O–H groups in total. The number of rotatable bonds is 4. The highest BCUT2D eigenvalue weighted by atomic mass is 32.2. The van der Waals surface area contributed by atoms with Crippen molar-refractivity contribution in [2.24, 2.45) is 0 Å². The Kier molecular flexibility index (Phi) is 4.66. The number of anilines is 1. The molecule has 1 aromatic rings. The van der Waals surface area contributed by atoms with Crippen LogP contribution in [0.5, 0.6) is 5.88 Å². The van der Waals surface area contributed by atoms with Crippen LogP contribution in [0.15, 0.2) is 11.2 Å². The van der Waals surface area contributed by atoms with Gasteiger partial charge in [0.15, 0.2) is 5.16 Å². The molecule has 0 spiro atoms. The van der Waals surface area contributed by atoms with Gasteiger partial charge in [-0.25, -0.2) is 4.98 Å². The molecule has 1 atom stereocenters. The van der Waals surface area contributed by atoms with Gasteiger partial charge in [0.2, 0.25) is 5.88 Å². The molecule has 6 heteroatoms. The van der Waals surface area contributed by atoms with Crippen LogP contribution in [0, 0.1) is 0 Å². The first-order valence-corrected chi connectivity index (χ1v) is 7.49. The Bertz CT molecular complexity index is 402. The number of aromatic nitrogens is 2. The quantitative estimate of drug-likeness (QED) is 0.658. The molecule has 0 radical (unpaired) electrons. The van der Waals surface area contributed by atoms with Crippen LogP contribution in [0.4, 0.5) is 5.82 Å². The van der Waals surface area contributed by atoms with E-state index in [4.69, 9.17) is 4.74 Å². The van der Waals surface area contributed by atoms with E-state index in [1.807, 2.05) is 19.2 Å². The lowest BCUT2D eigenvalue weighted by atomic mass is 10.2. The number of ether oxygens (including phenoxy) is 1. The maximum absolute atomic E-state index is 5.50. The van der Waals surface area contributed by atoms with Crippen LogP contribution >= 0.6 is 11.8 Å². The molecule has 2 heterocycles. The highest BCUT2D eigenvalue weighted by Gasteiger charge is 2.18. The molecule has 1 saturated heterocycles. The Balaban J connectivity index is 2.22. The summed E-state index contributed by atoms with van der Waals surface area (Å²) < 4.78 is 5.50. The van der Waals surface area contributed by atoms with Gasteiger partial charge >= 0.3 is 0 Å². The second-order valence-corrected chi connectivity index (χ2v) is 5.06. The first-order chi connectivity index (χ1) is 8.72. The predicted octanol–water partition coefficient (Wildman–Crippen LogP) is 1.40. The fourth-order valence-corrected chi connectivity index (χ4v) is 2.37. The molecule has 0 aromatic carbocycles. The van der Waals surface area contributed by atoms with Gasteiger partial charge in [-0.15, -0.1) is 0 Å². The molecule has 5 nitrogen and oxygen atoms in total. The summed E-state index contributed by atoms with van der Waals surface area (Å²) in [6.07, 6.45) is 1.98. The minimum Gasteiger partial charge on any atom is -0.478 e. The number of nitrogens with zero attached hydrogens (tertiary/aromatic N) is 3. The van der Waals surface area contributed by atoms with Gasteiger partial charge in [0.1, 0.15) is 5.82 Å². The molecule has 0 aliphatic carbocycles. The molecule has 1 fully saturated rings. The van der Waals surface area contributed by atoms with Crippen LogP contribution in [-0.4, -0.2) is 48.5 Å². The molecular weight excluding hydrogens is 248 g/mol. The van der Waals surface area contributed by atoms with Crippen molar-refractivity contribution in [1.29, 1.82) is 0 Å².